The molecule has 1 unspecified atom stereocenters. The van der Waals surface area contributed by atoms with E-state index in [0.29, 0.717) is 24.3 Å². The van der Waals surface area contributed by atoms with E-state index in [1.807, 2.05) is 6.92 Å². The van der Waals surface area contributed by atoms with Crippen molar-refractivity contribution < 1.29 is 19.1 Å². The molecule has 1 saturated heterocycles. The molecule has 1 fully saturated rings. The van der Waals surface area contributed by atoms with Crippen molar-refractivity contribution >= 4 is 23.2 Å². The molecule has 0 saturated carbocycles. The molecular weight excluding hydrogens is 350 g/mol. The van der Waals surface area contributed by atoms with Crippen LogP contribution in [0.1, 0.15) is 68.1 Å². The average Bonchev–Trinajstić information content (AvgIpc) is 3.34. The number of carbonyl (C=O) groups is 2. The van der Waals surface area contributed by atoms with Crippen LogP contribution in [0.25, 0.3) is 0 Å². The minimum atomic E-state index is -0.335. The summed E-state index contributed by atoms with van der Waals surface area (Å²) < 4.78 is 11.3. The monoisotopic (exact) mass is 371 g/mol. The third-order valence-electron chi connectivity index (χ3n) is 4.84. The second-order valence-electron chi connectivity index (χ2n) is 6.60. The quantitative estimate of drug-likeness (QED) is 0.738. The fourth-order valence-electron chi connectivity index (χ4n) is 3.59. The Morgan fingerprint density at radius 2 is 1.77 bits per heavy atom. The van der Waals surface area contributed by atoms with Crippen molar-refractivity contribution in [1.82, 2.24) is 4.90 Å². The number of rotatable bonds is 5. The number of hydrogen-bond donors (Lipinski definition) is 0. The smallest absolute Gasteiger partial charge is 0.262 e. The SMILES string of the molecule is CCCC(c1cc(C)c(C2OCCO2)s1)N1C(=O)c2ccccc2C1=O. The highest BCUT2D eigenvalue weighted by Gasteiger charge is 2.41. The van der Waals surface area contributed by atoms with Crippen LogP contribution in [0.15, 0.2) is 30.3 Å². The minimum Gasteiger partial charge on any atom is -0.345 e. The number of thiophene rings is 1. The molecule has 0 bridgehead atoms. The lowest BCUT2D eigenvalue weighted by Gasteiger charge is -2.25. The molecule has 5 nitrogen and oxygen atoms in total. The van der Waals surface area contributed by atoms with Gasteiger partial charge in [0.15, 0.2) is 6.29 Å². The molecule has 2 aromatic rings. The second-order valence-corrected chi connectivity index (χ2v) is 7.72. The molecule has 6 heteroatoms. The van der Waals surface area contributed by atoms with E-state index in [2.05, 4.69) is 13.0 Å². The van der Waals surface area contributed by atoms with E-state index < -0.39 is 0 Å². The molecule has 0 N–H and O–H groups in total. The zero-order chi connectivity index (χ0) is 18.3. The minimum absolute atomic E-state index is 0.204. The van der Waals surface area contributed by atoms with E-state index in [1.54, 1.807) is 35.6 Å². The van der Waals surface area contributed by atoms with Gasteiger partial charge in [-0.2, -0.15) is 0 Å². The van der Waals surface area contributed by atoms with Gasteiger partial charge in [0.25, 0.3) is 11.8 Å². The summed E-state index contributed by atoms with van der Waals surface area (Å²) in [5.41, 5.74) is 2.07. The first-order valence-corrected chi connectivity index (χ1v) is 9.73. The summed E-state index contributed by atoms with van der Waals surface area (Å²) in [6.07, 6.45) is 1.27. The Labute approximate surface area is 156 Å². The number of carbonyl (C=O) groups excluding carboxylic acids is 2. The molecule has 2 aliphatic rings. The summed E-state index contributed by atoms with van der Waals surface area (Å²) in [7, 11) is 0. The van der Waals surface area contributed by atoms with Gasteiger partial charge < -0.3 is 9.47 Å². The van der Waals surface area contributed by atoms with Gasteiger partial charge >= 0.3 is 0 Å². The van der Waals surface area contributed by atoms with Gasteiger partial charge in [0.2, 0.25) is 0 Å². The molecule has 2 aliphatic heterocycles. The van der Waals surface area contributed by atoms with Gasteiger partial charge in [-0.05, 0) is 37.1 Å². The van der Waals surface area contributed by atoms with Crippen molar-refractivity contribution in [3.63, 3.8) is 0 Å². The summed E-state index contributed by atoms with van der Waals surface area (Å²) in [5, 5.41) is 0. The van der Waals surface area contributed by atoms with Gasteiger partial charge in [-0.25, -0.2) is 0 Å². The molecule has 3 heterocycles. The molecule has 0 aliphatic carbocycles. The number of aryl methyl sites for hydroxylation is 1. The average molecular weight is 371 g/mol. The van der Waals surface area contributed by atoms with Gasteiger partial charge in [0, 0.05) is 4.88 Å². The van der Waals surface area contributed by atoms with Gasteiger partial charge in [-0.15, -0.1) is 11.3 Å². The highest BCUT2D eigenvalue weighted by atomic mass is 32.1. The summed E-state index contributed by atoms with van der Waals surface area (Å²) in [6.45, 7) is 5.27. The lowest BCUT2D eigenvalue weighted by atomic mass is 10.1. The number of imide groups is 1. The van der Waals surface area contributed by atoms with Crippen LogP contribution in [-0.4, -0.2) is 29.9 Å². The first kappa shape index (κ1) is 17.4. The van der Waals surface area contributed by atoms with Crippen molar-refractivity contribution in [3.8, 4) is 0 Å². The Morgan fingerprint density at radius 3 is 2.35 bits per heavy atom. The lowest BCUT2D eigenvalue weighted by Crippen LogP contribution is -2.33. The highest BCUT2D eigenvalue weighted by Crippen LogP contribution is 2.41. The van der Waals surface area contributed by atoms with Crippen LogP contribution in [0.2, 0.25) is 0 Å². The second kappa shape index (κ2) is 6.95. The van der Waals surface area contributed by atoms with Crippen LogP contribution in [0.4, 0.5) is 0 Å². The number of fused-ring (bicyclic) bond motifs is 1. The van der Waals surface area contributed by atoms with E-state index in [0.717, 1.165) is 28.2 Å². The summed E-state index contributed by atoms with van der Waals surface area (Å²) in [5.74, 6) is -0.407. The van der Waals surface area contributed by atoms with Crippen molar-refractivity contribution in [3.05, 3.63) is 56.8 Å². The Hall–Kier alpha value is -2.02. The van der Waals surface area contributed by atoms with Crippen molar-refractivity contribution in [1.29, 1.82) is 0 Å². The van der Waals surface area contributed by atoms with Crippen molar-refractivity contribution in [2.45, 2.75) is 39.0 Å². The van der Waals surface area contributed by atoms with Crippen LogP contribution in [0, 0.1) is 6.92 Å². The third-order valence-corrected chi connectivity index (χ3v) is 6.20. The summed E-state index contributed by atoms with van der Waals surface area (Å²) in [6, 6.07) is 8.85. The lowest BCUT2D eigenvalue weighted by molar-refractivity contribution is -0.0417. The molecule has 1 aromatic carbocycles. The van der Waals surface area contributed by atoms with E-state index >= 15 is 0 Å². The maximum Gasteiger partial charge on any atom is 0.262 e. The van der Waals surface area contributed by atoms with Gasteiger partial charge in [0.1, 0.15) is 0 Å². The Kier molecular flexibility index (Phi) is 4.65. The molecule has 0 spiro atoms. The number of ether oxygens (including phenoxy) is 2. The maximum atomic E-state index is 12.9. The first-order chi connectivity index (χ1) is 12.6. The van der Waals surface area contributed by atoms with Crippen LogP contribution in [-0.2, 0) is 9.47 Å². The van der Waals surface area contributed by atoms with Crippen LogP contribution in [0.3, 0.4) is 0 Å². The maximum absolute atomic E-state index is 12.9. The fraction of sp³-hybridized carbons (Fsp3) is 0.400. The molecule has 0 radical (unpaired) electrons. The number of benzene rings is 1. The van der Waals surface area contributed by atoms with Gasteiger partial charge in [-0.3, -0.25) is 14.5 Å². The number of amides is 2. The first-order valence-electron chi connectivity index (χ1n) is 8.92. The molecule has 2 amide bonds. The molecular formula is C20H21NO4S. The van der Waals surface area contributed by atoms with E-state index in [1.165, 1.54) is 4.90 Å². The Balaban J connectivity index is 1.70. The molecule has 26 heavy (non-hydrogen) atoms. The number of hydrogen-bond acceptors (Lipinski definition) is 5. The van der Waals surface area contributed by atoms with Crippen molar-refractivity contribution in [2.75, 3.05) is 13.2 Å². The largest absolute Gasteiger partial charge is 0.345 e. The van der Waals surface area contributed by atoms with Gasteiger partial charge in [-0.1, -0.05) is 25.5 Å². The predicted molar refractivity (Wildman–Crippen MR) is 98.3 cm³/mol. The Morgan fingerprint density at radius 1 is 1.15 bits per heavy atom. The number of nitrogens with zero attached hydrogens (tertiary/aromatic N) is 1. The summed E-state index contributed by atoms with van der Waals surface area (Å²) in [4.78, 5) is 29.3. The van der Waals surface area contributed by atoms with E-state index in [-0.39, 0.29) is 24.1 Å². The van der Waals surface area contributed by atoms with Gasteiger partial charge in [0.05, 0.1) is 35.3 Å². The van der Waals surface area contributed by atoms with E-state index in [4.69, 9.17) is 9.47 Å². The predicted octanol–water partition coefficient (Wildman–Crippen LogP) is 4.24. The zero-order valence-electron chi connectivity index (χ0n) is 14.9. The fourth-order valence-corrected chi connectivity index (χ4v) is 4.89. The molecule has 136 valence electrons. The topological polar surface area (TPSA) is 55.8 Å². The summed E-state index contributed by atoms with van der Waals surface area (Å²) >= 11 is 1.58. The van der Waals surface area contributed by atoms with E-state index in [9.17, 15) is 9.59 Å². The van der Waals surface area contributed by atoms with Crippen molar-refractivity contribution in [2.24, 2.45) is 0 Å². The zero-order valence-corrected chi connectivity index (χ0v) is 15.7. The highest BCUT2D eigenvalue weighted by molar-refractivity contribution is 7.12. The van der Waals surface area contributed by atoms with Crippen LogP contribution in [0.5, 0.6) is 0 Å². The normalized spacial score (nSPS) is 18.6. The molecule has 1 aromatic heterocycles. The standard InChI is InChI=1S/C20H21NO4S/c1-3-6-15(16-11-12(2)17(26-16)20-24-9-10-25-20)21-18(22)13-7-4-5-8-14(13)19(21)23/h4-5,7-8,11,15,20H,3,6,9-10H2,1-2H3. The third kappa shape index (κ3) is 2.78. The Bertz CT molecular complexity index is 818. The van der Waals surface area contributed by atoms with Crippen LogP contribution < -0.4 is 0 Å². The molecule has 4 rings (SSSR count). The molecule has 1 atom stereocenters. The van der Waals surface area contributed by atoms with Crippen LogP contribution >= 0.6 is 11.3 Å².